The third-order valence-corrected chi connectivity index (χ3v) is 2.42. The summed E-state index contributed by atoms with van der Waals surface area (Å²) < 4.78 is 23.6. The minimum absolute atomic E-state index is 0.203. The summed E-state index contributed by atoms with van der Waals surface area (Å²) in [5.74, 6) is -0.203. The summed E-state index contributed by atoms with van der Waals surface area (Å²) in [4.78, 5) is 0. The number of benzene rings is 1. The quantitative estimate of drug-likeness (QED) is 0.710. The number of aryl methyl sites for hydroxylation is 1. The standard InChI is InChI=1S/C13H20FNO2/c1-11-5-3-6-12(14)13(11)15-7-4-8-17-10-9-16-2/h3,5-6,15H,4,7-10H2,1-2H3. The van der Waals surface area contributed by atoms with E-state index in [2.05, 4.69) is 5.32 Å². The van der Waals surface area contributed by atoms with E-state index in [1.54, 1.807) is 13.2 Å². The smallest absolute Gasteiger partial charge is 0.146 e. The molecular formula is C13H20FNO2. The number of nitrogens with one attached hydrogen (secondary N) is 1. The van der Waals surface area contributed by atoms with Crippen LogP contribution in [0.5, 0.6) is 0 Å². The Morgan fingerprint density at radius 3 is 2.76 bits per heavy atom. The average molecular weight is 241 g/mol. The van der Waals surface area contributed by atoms with Gasteiger partial charge in [0.2, 0.25) is 0 Å². The van der Waals surface area contributed by atoms with Gasteiger partial charge in [0.05, 0.1) is 18.9 Å². The van der Waals surface area contributed by atoms with E-state index >= 15 is 0 Å². The Balaban J connectivity index is 2.18. The van der Waals surface area contributed by atoms with Crippen molar-refractivity contribution in [2.75, 3.05) is 38.8 Å². The number of methoxy groups -OCH3 is 1. The summed E-state index contributed by atoms with van der Waals surface area (Å²) in [6, 6.07) is 5.06. The lowest BCUT2D eigenvalue weighted by molar-refractivity contribution is 0.0705. The van der Waals surface area contributed by atoms with Gasteiger partial charge in [-0.15, -0.1) is 0 Å². The van der Waals surface area contributed by atoms with E-state index in [0.29, 0.717) is 32.1 Å². The molecule has 1 aromatic rings. The SMILES string of the molecule is COCCOCCCNc1c(C)cccc1F. The van der Waals surface area contributed by atoms with Gasteiger partial charge in [0.15, 0.2) is 0 Å². The minimum Gasteiger partial charge on any atom is -0.382 e. The highest BCUT2D eigenvalue weighted by Gasteiger charge is 2.03. The van der Waals surface area contributed by atoms with Crippen LogP contribution in [0.2, 0.25) is 0 Å². The molecule has 3 nitrogen and oxygen atoms in total. The molecule has 0 aliphatic rings. The van der Waals surface area contributed by atoms with Crippen LogP contribution in [0, 0.1) is 12.7 Å². The lowest BCUT2D eigenvalue weighted by atomic mass is 10.2. The summed E-state index contributed by atoms with van der Waals surface area (Å²) in [7, 11) is 1.64. The summed E-state index contributed by atoms with van der Waals surface area (Å²) in [6.45, 7) is 4.47. The lowest BCUT2D eigenvalue weighted by Crippen LogP contribution is -2.09. The molecule has 0 bridgehead atoms. The van der Waals surface area contributed by atoms with Crippen molar-refractivity contribution < 1.29 is 13.9 Å². The van der Waals surface area contributed by atoms with Crippen LogP contribution in [-0.2, 0) is 9.47 Å². The first-order valence-corrected chi connectivity index (χ1v) is 5.81. The van der Waals surface area contributed by atoms with Gasteiger partial charge in [0, 0.05) is 20.3 Å². The van der Waals surface area contributed by atoms with Gasteiger partial charge in [0.1, 0.15) is 5.82 Å². The van der Waals surface area contributed by atoms with E-state index in [-0.39, 0.29) is 5.82 Å². The summed E-state index contributed by atoms with van der Waals surface area (Å²) in [6.07, 6.45) is 0.845. The first-order chi connectivity index (χ1) is 8.25. The number of ether oxygens (including phenoxy) is 2. The number of halogens is 1. The lowest BCUT2D eigenvalue weighted by Gasteiger charge is -2.10. The second-order valence-electron chi connectivity index (χ2n) is 3.82. The highest BCUT2D eigenvalue weighted by atomic mass is 19.1. The van der Waals surface area contributed by atoms with Crippen molar-refractivity contribution in [2.45, 2.75) is 13.3 Å². The van der Waals surface area contributed by atoms with E-state index in [1.165, 1.54) is 6.07 Å². The highest BCUT2D eigenvalue weighted by Crippen LogP contribution is 2.18. The van der Waals surface area contributed by atoms with Crippen molar-refractivity contribution in [3.63, 3.8) is 0 Å². The Labute approximate surface area is 102 Å². The van der Waals surface area contributed by atoms with Crippen molar-refractivity contribution >= 4 is 5.69 Å². The zero-order valence-electron chi connectivity index (χ0n) is 10.5. The molecule has 0 radical (unpaired) electrons. The van der Waals surface area contributed by atoms with Crippen LogP contribution in [0.1, 0.15) is 12.0 Å². The fourth-order valence-corrected chi connectivity index (χ4v) is 1.49. The van der Waals surface area contributed by atoms with Gasteiger partial charge in [-0.25, -0.2) is 4.39 Å². The van der Waals surface area contributed by atoms with Crippen molar-refractivity contribution in [1.82, 2.24) is 0 Å². The van der Waals surface area contributed by atoms with Crippen LogP contribution in [-0.4, -0.2) is 33.5 Å². The molecule has 1 rings (SSSR count). The van der Waals surface area contributed by atoms with Gasteiger partial charge >= 0.3 is 0 Å². The maximum Gasteiger partial charge on any atom is 0.146 e. The molecule has 17 heavy (non-hydrogen) atoms. The fourth-order valence-electron chi connectivity index (χ4n) is 1.49. The molecule has 96 valence electrons. The average Bonchev–Trinajstić information content (AvgIpc) is 2.31. The van der Waals surface area contributed by atoms with Crippen molar-refractivity contribution in [1.29, 1.82) is 0 Å². The van der Waals surface area contributed by atoms with Gasteiger partial charge in [-0.1, -0.05) is 12.1 Å². The summed E-state index contributed by atoms with van der Waals surface area (Å²) in [5, 5.41) is 3.09. The number of anilines is 1. The maximum atomic E-state index is 13.4. The molecule has 0 aliphatic carbocycles. The molecule has 0 aliphatic heterocycles. The zero-order valence-corrected chi connectivity index (χ0v) is 10.5. The van der Waals surface area contributed by atoms with Crippen LogP contribution < -0.4 is 5.32 Å². The fraction of sp³-hybridized carbons (Fsp3) is 0.538. The molecule has 0 saturated carbocycles. The second kappa shape index (κ2) is 8.03. The van der Waals surface area contributed by atoms with E-state index in [1.807, 2.05) is 13.0 Å². The summed E-state index contributed by atoms with van der Waals surface area (Å²) >= 11 is 0. The topological polar surface area (TPSA) is 30.5 Å². The molecule has 0 aromatic heterocycles. The third kappa shape index (κ3) is 5.15. The van der Waals surface area contributed by atoms with Crippen LogP contribution in [0.15, 0.2) is 18.2 Å². The van der Waals surface area contributed by atoms with E-state index in [0.717, 1.165) is 12.0 Å². The van der Waals surface area contributed by atoms with Crippen LogP contribution in [0.25, 0.3) is 0 Å². The van der Waals surface area contributed by atoms with Crippen molar-refractivity contribution in [3.8, 4) is 0 Å². The normalized spacial score (nSPS) is 10.5. The summed E-state index contributed by atoms with van der Waals surface area (Å²) in [5.41, 5.74) is 1.51. The van der Waals surface area contributed by atoms with Crippen molar-refractivity contribution in [3.05, 3.63) is 29.6 Å². The number of hydrogen-bond acceptors (Lipinski definition) is 3. The Morgan fingerprint density at radius 1 is 1.24 bits per heavy atom. The maximum absolute atomic E-state index is 13.4. The molecule has 0 atom stereocenters. The van der Waals surface area contributed by atoms with E-state index in [4.69, 9.17) is 9.47 Å². The van der Waals surface area contributed by atoms with Crippen molar-refractivity contribution in [2.24, 2.45) is 0 Å². The predicted molar refractivity (Wildman–Crippen MR) is 66.9 cm³/mol. The van der Waals surface area contributed by atoms with Gasteiger partial charge in [-0.3, -0.25) is 0 Å². The molecule has 1 aromatic carbocycles. The second-order valence-corrected chi connectivity index (χ2v) is 3.82. The Morgan fingerprint density at radius 2 is 2.06 bits per heavy atom. The molecule has 1 N–H and O–H groups in total. The largest absolute Gasteiger partial charge is 0.382 e. The van der Waals surface area contributed by atoms with Gasteiger partial charge in [-0.2, -0.15) is 0 Å². The molecule has 0 heterocycles. The molecule has 0 saturated heterocycles. The third-order valence-electron chi connectivity index (χ3n) is 2.42. The Kier molecular flexibility index (Phi) is 6.58. The minimum atomic E-state index is -0.203. The van der Waals surface area contributed by atoms with E-state index < -0.39 is 0 Å². The molecular weight excluding hydrogens is 221 g/mol. The number of rotatable bonds is 8. The molecule has 4 heteroatoms. The first kappa shape index (κ1) is 13.9. The molecule has 0 unspecified atom stereocenters. The van der Waals surface area contributed by atoms with Crippen LogP contribution >= 0.6 is 0 Å². The Bertz CT molecular complexity index is 311. The predicted octanol–water partition coefficient (Wildman–Crippen LogP) is 2.60. The zero-order chi connectivity index (χ0) is 12.5. The number of hydrogen-bond donors (Lipinski definition) is 1. The van der Waals surface area contributed by atoms with Gasteiger partial charge in [0.25, 0.3) is 0 Å². The molecule has 0 spiro atoms. The van der Waals surface area contributed by atoms with Gasteiger partial charge in [-0.05, 0) is 25.0 Å². The van der Waals surface area contributed by atoms with Crippen LogP contribution in [0.3, 0.4) is 0 Å². The molecule has 0 amide bonds. The number of para-hydroxylation sites is 1. The molecule has 0 fully saturated rings. The van der Waals surface area contributed by atoms with Gasteiger partial charge < -0.3 is 14.8 Å². The van der Waals surface area contributed by atoms with Crippen LogP contribution in [0.4, 0.5) is 10.1 Å². The van der Waals surface area contributed by atoms with E-state index in [9.17, 15) is 4.39 Å². The first-order valence-electron chi connectivity index (χ1n) is 5.81. The Hall–Kier alpha value is -1.13. The highest BCUT2D eigenvalue weighted by molar-refractivity contribution is 5.51. The monoisotopic (exact) mass is 241 g/mol.